The number of benzene rings is 3. The predicted octanol–water partition coefficient (Wildman–Crippen LogP) is 5.33. The second-order valence-corrected chi connectivity index (χ2v) is 9.37. The van der Waals surface area contributed by atoms with E-state index < -0.39 is 29.8 Å². The number of hydrogen-bond donors (Lipinski definition) is 2. The molecule has 35 heavy (non-hydrogen) atoms. The van der Waals surface area contributed by atoms with Crippen molar-refractivity contribution in [3.05, 3.63) is 95.6 Å². The molecule has 0 radical (unpaired) electrons. The molecule has 3 aromatic carbocycles. The van der Waals surface area contributed by atoms with Crippen LogP contribution in [0.4, 0.5) is 4.79 Å². The van der Waals surface area contributed by atoms with E-state index in [0.29, 0.717) is 6.42 Å². The maximum absolute atomic E-state index is 13.1. The monoisotopic (exact) mass is 471 g/mol. The lowest BCUT2D eigenvalue weighted by atomic mass is 9.84. The fourth-order valence-electron chi connectivity index (χ4n) is 5.38. The van der Waals surface area contributed by atoms with Crippen molar-refractivity contribution in [3.8, 4) is 11.1 Å². The summed E-state index contributed by atoms with van der Waals surface area (Å²) >= 11 is 0. The van der Waals surface area contributed by atoms with Gasteiger partial charge in [-0.3, -0.25) is 0 Å². The van der Waals surface area contributed by atoms with Crippen LogP contribution in [0.2, 0.25) is 0 Å². The zero-order valence-corrected chi connectivity index (χ0v) is 19.8. The maximum atomic E-state index is 13.1. The Morgan fingerprint density at radius 2 is 1.54 bits per heavy atom. The van der Waals surface area contributed by atoms with Gasteiger partial charge in [-0.05, 0) is 41.2 Å². The highest BCUT2D eigenvalue weighted by Gasteiger charge is 2.64. The number of rotatable bonds is 8. The first-order chi connectivity index (χ1) is 16.9. The molecule has 0 saturated carbocycles. The lowest BCUT2D eigenvalue weighted by Crippen LogP contribution is -2.46. The third kappa shape index (κ3) is 4.19. The molecule has 4 atom stereocenters. The molecule has 180 valence electrons. The molecule has 6 heteroatoms. The Balaban J connectivity index is 1.34. The van der Waals surface area contributed by atoms with E-state index in [-0.39, 0.29) is 18.4 Å². The second kappa shape index (κ2) is 9.19. The molecule has 4 unspecified atom stereocenters. The van der Waals surface area contributed by atoms with Gasteiger partial charge >= 0.3 is 12.1 Å². The van der Waals surface area contributed by atoms with E-state index in [1.807, 2.05) is 61.5 Å². The number of carboxylic acids is 1. The Kier molecular flexibility index (Phi) is 6.07. The van der Waals surface area contributed by atoms with Crippen molar-refractivity contribution < 1.29 is 24.2 Å². The van der Waals surface area contributed by atoms with Crippen LogP contribution in [0.25, 0.3) is 11.1 Å². The van der Waals surface area contributed by atoms with Crippen molar-refractivity contribution in [1.82, 2.24) is 5.32 Å². The van der Waals surface area contributed by atoms with Crippen molar-refractivity contribution in [3.63, 3.8) is 0 Å². The summed E-state index contributed by atoms with van der Waals surface area (Å²) in [6.07, 6.45) is -0.520. The van der Waals surface area contributed by atoms with Gasteiger partial charge in [0.05, 0.1) is 6.04 Å². The number of nitrogens with one attached hydrogen (secondary N) is 1. The lowest BCUT2D eigenvalue weighted by Gasteiger charge is -2.27. The molecule has 2 aliphatic rings. The number of fused-ring (bicyclic) bond motifs is 3. The SMILES string of the molecule is CCC(c1ccccc1)C(NC(=O)OCC1c2ccccc2-c2ccccc21)C1OC1(C)C(=O)O. The van der Waals surface area contributed by atoms with Crippen LogP contribution in [0.5, 0.6) is 0 Å². The van der Waals surface area contributed by atoms with Crippen LogP contribution in [-0.4, -0.2) is 41.5 Å². The van der Waals surface area contributed by atoms with Crippen molar-refractivity contribution in [2.75, 3.05) is 6.61 Å². The first-order valence-corrected chi connectivity index (χ1v) is 12.0. The highest BCUT2D eigenvalue weighted by Crippen LogP contribution is 2.45. The van der Waals surface area contributed by atoms with Crippen LogP contribution in [0.1, 0.15) is 48.8 Å². The van der Waals surface area contributed by atoms with E-state index in [4.69, 9.17) is 9.47 Å². The predicted molar refractivity (Wildman–Crippen MR) is 132 cm³/mol. The molecular weight excluding hydrogens is 442 g/mol. The molecule has 5 rings (SSSR count). The van der Waals surface area contributed by atoms with Crippen LogP contribution in [-0.2, 0) is 14.3 Å². The lowest BCUT2D eigenvalue weighted by molar-refractivity contribution is -0.142. The van der Waals surface area contributed by atoms with E-state index >= 15 is 0 Å². The van der Waals surface area contributed by atoms with Gasteiger partial charge in [0, 0.05) is 11.8 Å². The maximum Gasteiger partial charge on any atom is 0.407 e. The van der Waals surface area contributed by atoms with Crippen LogP contribution >= 0.6 is 0 Å². The third-order valence-electron chi connectivity index (χ3n) is 7.34. The van der Waals surface area contributed by atoms with Crippen LogP contribution < -0.4 is 5.32 Å². The van der Waals surface area contributed by atoms with E-state index in [9.17, 15) is 14.7 Å². The average molecular weight is 472 g/mol. The minimum atomic E-state index is -1.33. The Hall–Kier alpha value is -3.64. The van der Waals surface area contributed by atoms with Crippen molar-refractivity contribution in [2.24, 2.45) is 0 Å². The van der Waals surface area contributed by atoms with Crippen molar-refractivity contribution >= 4 is 12.1 Å². The van der Waals surface area contributed by atoms with Gasteiger partial charge in [-0.15, -0.1) is 0 Å². The number of amides is 1. The van der Waals surface area contributed by atoms with E-state index in [0.717, 1.165) is 27.8 Å². The van der Waals surface area contributed by atoms with Gasteiger partial charge in [0.25, 0.3) is 0 Å². The number of carbonyl (C=O) groups excluding carboxylic acids is 1. The largest absolute Gasteiger partial charge is 0.479 e. The molecule has 1 fully saturated rings. The molecule has 0 aromatic heterocycles. The summed E-state index contributed by atoms with van der Waals surface area (Å²) < 4.78 is 11.4. The summed E-state index contributed by atoms with van der Waals surface area (Å²) in [5.74, 6) is -1.21. The second-order valence-electron chi connectivity index (χ2n) is 9.37. The number of carboxylic acid groups (broad SMARTS) is 1. The van der Waals surface area contributed by atoms with Gasteiger partial charge in [0.2, 0.25) is 0 Å². The van der Waals surface area contributed by atoms with Gasteiger partial charge in [0.15, 0.2) is 5.60 Å². The minimum Gasteiger partial charge on any atom is -0.479 e. The van der Waals surface area contributed by atoms with Crippen molar-refractivity contribution in [1.29, 1.82) is 0 Å². The minimum absolute atomic E-state index is 0.0517. The summed E-state index contributed by atoms with van der Waals surface area (Å²) in [6, 6.07) is 25.6. The molecule has 1 saturated heterocycles. The Morgan fingerprint density at radius 1 is 0.971 bits per heavy atom. The quantitative estimate of drug-likeness (QED) is 0.434. The number of aliphatic carboxylic acids is 1. The molecule has 0 bridgehead atoms. The molecule has 1 aliphatic heterocycles. The molecule has 1 heterocycles. The first kappa shape index (κ1) is 23.1. The Labute approximate surface area is 204 Å². The van der Waals surface area contributed by atoms with Gasteiger partial charge < -0.3 is 19.9 Å². The summed E-state index contributed by atoms with van der Waals surface area (Å²) in [4.78, 5) is 24.9. The molecular formula is C29H29NO5. The number of epoxide rings is 1. The number of hydrogen-bond acceptors (Lipinski definition) is 4. The van der Waals surface area contributed by atoms with Crippen LogP contribution in [0, 0.1) is 0 Å². The summed E-state index contributed by atoms with van der Waals surface area (Å²) in [6.45, 7) is 3.76. The summed E-state index contributed by atoms with van der Waals surface area (Å²) in [7, 11) is 0. The molecule has 3 aromatic rings. The van der Waals surface area contributed by atoms with Crippen molar-refractivity contribution in [2.45, 2.75) is 49.9 Å². The number of alkyl carbamates (subject to hydrolysis) is 1. The molecule has 6 nitrogen and oxygen atoms in total. The van der Waals surface area contributed by atoms with Gasteiger partial charge in [-0.2, -0.15) is 0 Å². The zero-order chi connectivity index (χ0) is 24.6. The van der Waals surface area contributed by atoms with E-state index in [1.165, 1.54) is 0 Å². The molecule has 1 amide bonds. The van der Waals surface area contributed by atoms with E-state index in [2.05, 4.69) is 29.6 Å². The molecule has 2 N–H and O–H groups in total. The van der Waals surface area contributed by atoms with Crippen LogP contribution in [0.15, 0.2) is 78.9 Å². The van der Waals surface area contributed by atoms with Gasteiger partial charge in [-0.1, -0.05) is 85.8 Å². The topological polar surface area (TPSA) is 88.2 Å². The molecule has 1 aliphatic carbocycles. The van der Waals surface area contributed by atoms with Crippen LogP contribution in [0.3, 0.4) is 0 Å². The Morgan fingerprint density at radius 3 is 2.09 bits per heavy atom. The summed E-state index contributed by atoms with van der Waals surface area (Å²) in [5, 5.41) is 12.6. The van der Waals surface area contributed by atoms with E-state index in [1.54, 1.807) is 6.92 Å². The third-order valence-corrected chi connectivity index (χ3v) is 7.34. The highest BCUT2D eigenvalue weighted by atomic mass is 16.6. The summed E-state index contributed by atoms with van der Waals surface area (Å²) in [5.41, 5.74) is 4.28. The Bertz CT molecular complexity index is 1200. The fourth-order valence-corrected chi connectivity index (χ4v) is 5.38. The zero-order valence-electron chi connectivity index (χ0n) is 19.8. The van der Waals surface area contributed by atoms with Gasteiger partial charge in [0.1, 0.15) is 12.7 Å². The fraction of sp³-hybridized carbons (Fsp3) is 0.310. The first-order valence-electron chi connectivity index (χ1n) is 12.0. The normalized spacial score (nSPS) is 21.9. The number of ether oxygens (including phenoxy) is 2. The number of carbonyl (C=O) groups is 2. The van der Waals surface area contributed by atoms with Gasteiger partial charge in [-0.25, -0.2) is 9.59 Å². The standard InChI is InChI=1S/C29H29NO5/c1-3-19(18-11-5-4-6-12-18)25(26-29(2,35-26)27(31)32)30-28(33)34-17-24-22-15-9-7-13-20(22)21-14-8-10-16-23(21)24/h4-16,19,24-26H,3,17H2,1-2H3,(H,30,33)(H,31,32). The highest BCUT2D eigenvalue weighted by molar-refractivity contribution is 5.82. The average Bonchev–Trinajstić information content (AvgIpc) is 3.48. The smallest absolute Gasteiger partial charge is 0.407 e. The molecule has 0 spiro atoms.